The first-order valence-electron chi connectivity index (χ1n) is 6.77. The van der Waals surface area contributed by atoms with Crippen molar-refractivity contribution in [3.63, 3.8) is 0 Å². The van der Waals surface area contributed by atoms with E-state index in [-0.39, 0.29) is 5.03 Å². The zero-order valence-electron chi connectivity index (χ0n) is 12.4. The first-order chi connectivity index (χ1) is 9.85. The lowest BCUT2D eigenvalue weighted by Gasteiger charge is -2.10. The Hall–Kier alpha value is -2.02. The zero-order chi connectivity index (χ0) is 15.6. The number of aromatic nitrogens is 2. The number of benzene rings is 1. The molecule has 0 atom stereocenters. The number of rotatable bonds is 5. The van der Waals surface area contributed by atoms with Crippen LogP contribution >= 0.6 is 0 Å². The van der Waals surface area contributed by atoms with Gasteiger partial charge in [-0.15, -0.1) is 0 Å². The summed E-state index contributed by atoms with van der Waals surface area (Å²) < 4.78 is 29.2. The Kier molecular flexibility index (Phi) is 4.22. The van der Waals surface area contributed by atoms with Crippen molar-refractivity contribution in [2.45, 2.75) is 38.8 Å². The van der Waals surface area contributed by atoms with E-state index >= 15 is 0 Å². The van der Waals surface area contributed by atoms with Gasteiger partial charge in [0.1, 0.15) is 5.82 Å². The number of hydrogen-bond acceptors (Lipinski definition) is 4. The molecule has 0 saturated carbocycles. The third-order valence-corrected chi connectivity index (χ3v) is 4.55. The lowest BCUT2D eigenvalue weighted by molar-refractivity contribution is 0.597. The van der Waals surface area contributed by atoms with Crippen LogP contribution in [-0.4, -0.2) is 18.0 Å². The van der Waals surface area contributed by atoms with Crippen molar-refractivity contribution in [2.75, 3.05) is 10.5 Å². The number of anilines is 2. The molecule has 0 saturated heterocycles. The molecule has 114 valence electrons. The van der Waals surface area contributed by atoms with Crippen molar-refractivity contribution in [1.29, 1.82) is 0 Å². The van der Waals surface area contributed by atoms with E-state index in [1.54, 1.807) is 38.2 Å². The lowest BCUT2D eigenvalue weighted by atomic mass is 10.2. The highest BCUT2D eigenvalue weighted by Crippen LogP contribution is 2.23. The molecule has 6 nitrogen and oxygen atoms in total. The maximum absolute atomic E-state index is 12.4. The fraction of sp³-hybridized carbons (Fsp3) is 0.357. The van der Waals surface area contributed by atoms with E-state index in [9.17, 15) is 8.42 Å². The summed E-state index contributed by atoms with van der Waals surface area (Å²) in [4.78, 5) is 4.13. The Morgan fingerprint density at radius 3 is 2.71 bits per heavy atom. The Balaban J connectivity index is 2.34. The van der Waals surface area contributed by atoms with Crippen LogP contribution in [0.4, 0.5) is 11.4 Å². The Morgan fingerprint density at radius 2 is 2.05 bits per heavy atom. The van der Waals surface area contributed by atoms with Gasteiger partial charge in [0, 0.05) is 18.4 Å². The van der Waals surface area contributed by atoms with Gasteiger partial charge in [-0.3, -0.25) is 4.72 Å². The molecule has 0 spiro atoms. The summed E-state index contributed by atoms with van der Waals surface area (Å²) in [6.45, 7) is 6.34. The van der Waals surface area contributed by atoms with E-state index in [1.807, 2.05) is 11.5 Å². The molecule has 0 fully saturated rings. The number of nitrogens with one attached hydrogen (secondary N) is 1. The molecule has 21 heavy (non-hydrogen) atoms. The van der Waals surface area contributed by atoms with Crippen LogP contribution < -0.4 is 10.5 Å². The second kappa shape index (κ2) is 5.77. The largest absolute Gasteiger partial charge is 0.398 e. The maximum atomic E-state index is 12.4. The minimum absolute atomic E-state index is 0.0234. The molecule has 7 heteroatoms. The fourth-order valence-electron chi connectivity index (χ4n) is 2.04. The van der Waals surface area contributed by atoms with Gasteiger partial charge in [-0.05, 0) is 38.0 Å². The van der Waals surface area contributed by atoms with Crippen LogP contribution in [-0.2, 0) is 16.6 Å². The number of sulfonamides is 1. The van der Waals surface area contributed by atoms with E-state index < -0.39 is 10.0 Å². The summed E-state index contributed by atoms with van der Waals surface area (Å²) in [6, 6.07) is 5.12. The SMILES string of the molecule is CCCn1cc(S(=O)(=O)Nc2cccc(N)c2C)nc1C. The molecule has 2 rings (SSSR count). The molecule has 1 aromatic heterocycles. The van der Waals surface area contributed by atoms with E-state index in [4.69, 9.17) is 5.73 Å². The molecular formula is C14H20N4O2S. The highest BCUT2D eigenvalue weighted by molar-refractivity contribution is 7.92. The molecule has 0 unspecified atom stereocenters. The quantitative estimate of drug-likeness (QED) is 0.829. The van der Waals surface area contributed by atoms with Gasteiger partial charge in [0.2, 0.25) is 0 Å². The fourth-order valence-corrected chi connectivity index (χ4v) is 3.17. The molecule has 0 aliphatic rings. The van der Waals surface area contributed by atoms with Crippen LogP contribution in [0.2, 0.25) is 0 Å². The second-order valence-electron chi connectivity index (χ2n) is 4.95. The van der Waals surface area contributed by atoms with Gasteiger partial charge in [0.05, 0.1) is 5.69 Å². The molecular weight excluding hydrogens is 288 g/mol. The minimum atomic E-state index is -3.71. The summed E-state index contributed by atoms with van der Waals surface area (Å²) in [7, 11) is -3.71. The molecule has 1 heterocycles. The van der Waals surface area contributed by atoms with Crippen molar-refractivity contribution in [2.24, 2.45) is 0 Å². The number of nitrogens with zero attached hydrogens (tertiary/aromatic N) is 2. The second-order valence-corrected chi connectivity index (χ2v) is 6.57. The summed E-state index contributed by atoms with van der Waals surface area (Å²) in [5, 5.41) is 0.0234. The molecule has 0 aliphatic carbocycles. The highest BCUT2D eigenvalue weighted by Gasteiger charge is 2.20. The van der Waals surface area contributed by atoms with Gasteiger partial charge in [0.25, 0.3) is 10.0 Å². The van der Waals surface area contributed by atoms with Gasteiger partial charge < -0.3 is 10.3 Å². The molecule has 3 N–H and O–H groups in total. The number of imidazole rings is 1. The first kappa shape index (κ1) is 15.4. The van der Waals surface area contributed by atoms with E-state index in [0.29, 0.717) is 22.8 Å². The van der Waals surface area contributed by atoms with Crippen LogP contribution in [0.25, 0.3) is 0 Å². The van der Waals surface area contributed by atoms with Crippen molar-refractivity contribution in [3.05, 3.63) is 35.8 Å². The molecule has 1 aromatic carbocycles. The summed E-state index contributed by atoms with van der Waals surface area (Å²) in [6.07, 6.45) is 2.47. The summed E-state index contributed by atoms with van der Waals surface area (Å²) >= 11 is 0. The van der Waals surface area contributed by atoms with E-state index in [1.165, 1.54) is 0 Å². The van der Waals surface area contributed by atoms with Gasteiger partial charge in [0.15, 0.2) is 5.03 Å². The number of aryl methyl sites for hydroxylation is 2. The number of nitrogen functional groups attached to an aromatic ring is 1. The molecule has 2 aromatic rings. The average molecular weight is 308 g/mol. The first-order valence-corrected chi connectivity index (χ1v) is 8.25. The topological polar surface area (TPSA) is 90.0 Å². The van der Waals surface area contributed by atoms with Crippen molar-refractivity contribution < 1.29 is 8.42 Å². The summed E-state index contributed by atoms with van der Waals surface area (Å²) in [5.41, 5.74) is 7.51. The van der Waals surface area contributed by atoms with Crippen molar-refractivity contribution >= 4 is 21.4 Å². The number of nitrogens with two attached hydrogens (primary N) is 1. The number of hydrogen-bond donors (Lipinski definition) is 2. The van der Waals surface area contributed by atoms with Gasteiger partial charge in [-0.25, -0.2) is 4.98 Å². The Bertz CT molecular complexity index is 750. The van der Waals surface area contributed by atoms with Crippen LogP contribution in [0, 0.1) is 13.8 Å². The van der Waals surface area contributed by atoms with Gasteiger partial charge in [-0.2, -0.15) is 8.42 Å². The molecule has 0 bridgehead atoms. The van der Waals surface area contributed by atoms with Gasteiger partial charge >= 0.3 is 0 Å². The van der Waals surface area contributed by atoms with E-state index in [2.05, 4.69) is 9.71 Å². The third-order valence-electron chi connectivity index (χ3n) is 3.31. The lowest BCUT2D eigenvalue weighted by Crippen LogP contribution is -2.14. The molecule has 0 amide bonds. The molecule has 0 aliphatic heterocycles. The predicted octanol–water partition coefficient (Wildman–Crippen LogP) is 2.29. The third kappa shape index (κ3) is 3.18. The average Bonchev–Trinajstić information content (AvgIpc) is 2.78. The van der Waals surface area contributed by atoms with E-state index in [0.717, 1.165) is 13.0 Å². The standard InChI is InChI=1S/C14H20N4O2S/c1-4-8-18-9-14(16-11(18)3)21(19,20)17-13-7-5-6-12(15)10(13)2/h5-7,9,17H,4,8,15H2,1-3H3. The van der Waals surface area contributed by atoms with Crippen LogP contribution in [0.15, 0.2) is 29.4 Å². The van der Waals surface area contributed by atoms with Crippen LogP contribution in [0.1, 0.15) is 24.7 Å². The van der Waals surface area contributed by atoms with Crippen LogP contribution in [0.5, 0.6) is 0 Å². The zero-order valence-corrected chi connectivity index (χ0v) is 13.2. The Morgan fingerprint density at radius 1 is 1.33 bits per heavy atom. The maximum Gasteiger partial charge on any atom is 0.280 e. The monoisotopic (exact) mass is 308 g/mol. The summed E-state index contributed by atoms with van der Waals surface area (Å²) in [5.74, 6) is 0.682. The normalized spacial score (nSPS) is 11.6. The van der Waals surface area contributed by atoms with Gasteiger partial charge in [-0.1, -0.05) is 13.0 Å². The van der Waals surface area contributed by atoms with Crippen LogP contribution in [0.3, 0.4) is 0 Å². The minimum Gasteiger partial charge on any atom is -0.398 e. The predicted molar refractivity (Wildman–Crippen MR) is 83.7 cm³/mol. The Labute approximate surface area is 125 Å². The van der Waals surface area contributed by atoms with Crippen molar-refractivity contribution in [1.82, 2.24) is 9.55 Å². The highest BCUT2D eigenvalue weighted by atomic mass is 32.2. The smallest absolute Gasteiger partial charge is 0.280 e. The van der Waals surface area contributed by atoms with Crippen molar-refractivity contribution in [3.8, 4) is 0 Å². The molecule has 0 radical (unpaired) electrons.